The van der Waals surface area contributed by atoms with Gasteiger partial charge in [-0.05, 0) is 92.7 Å². The molecule has 0 atom stereocenters. The van der Waals surface area contributed by atoms with E-state index in [9.17, 15) is 8.42 Å². The van der Waals surface area contributed by atoms with E-state index in [-0.39, 0.29) is 5.25 Å². The molecule has 2 aromatic heterocycles. The molecule has 0 amide bonds. The van der Waals surface area contributed by atoms with Gasteiger partial charge in [0.15, 0.2) is 5.65 Å². The zero-order chi connectivity index (χ0) is 19.6. The largest absolute Gasteiger partial charge is 0.374 e. The molecule has 2 aromatic rings. The quantitative estimate of drug-likeness (QED) is 0.743. The smallest absolute Gasteiger partial charge is 0.242 e. The van der Waals surface area contributed by atoms with E-state index >= 15 is 0 Å². The lowest BCUT2D eigenvalue weighted by molar-refractivity contribution is 0.00366. The molecule has 8 heteroatoms. The van der Waals surface area contributed by atoms with Crippen LogP contribution in [0.2, 0.25) is 0 Å². The molecule has 29 heavy (non-hydrogen) atoms. The second-order valence-corrected chi connectivity index (χ2v) is 11.6. The molecule has 0 saturated heterocycles. The van der Waals surface area contributed by atoms with Crippen LogP contribution in [0, 0.1) is 5.41 Å². The molecule has 4 saturated carbocycles. The number of sulfonamides is 1. The minimum atomic E-state index is -3.36. The Bertz CT molecular complexity index is 1040. The number of aromatic nitrogens is 3. The summed E-state index contributed by atoms with van der Waals surface area (Å²) in [4.78, 5) is 0. The van der Waals surface area contributed by atoms with Gasteiger partial charge in [0.05, 0.1) is 18.0 Å². The van der Waals surface area contributed by atoms with Crippen molar-refractivity contribution in [1.29, 1.82) is 0 Å². The van der Waals surface area contributed by atoms with Crippen molar-refractivity contribution in [3.63, 3.8) is 0 Å². The summed E-state index contributed by atoms with van der Waals surface area (Å²) in [5.41, 5.74) is 3.78. The topological polar surface area (TPSA) is 85.6 Å². The number of hydrogen-bond acceptors (Lipinski definition) is 5. The lowest BCUT2D eigenvalue weighted by Gasteiger charge is -2.28. The van der Waals surface area contributed by atoms with Crippen molar-refractivity contribution in [3.05, 3.63) is 23.4 Å². The highest BCUT2D eigenvalue weighted by Gasteiger charge is 2.45. The van der Waals surface area contributed by atoms with Gasteiger partial charge < -0.3 is 4.74 Å². The molecule has 0 radical (unpaired) electrons. The summed E-state index contributed by atoms with van der Waals surface area (Å²) in [6, 6.07) is 2.03. The second-order valence-electron chi connectivity index (χ2n) is 9.64. The first-order valence-corrected chi connectivity index (χ1v) is 12.6. The number of ether oxygens (including phenoxy) is 1. The highest BCUT2D eigenvalue weighted by molar-refractivity contribution is 7.93. The molecule has 4 aliphatic rings. The van der Waals surface area contributed by atoms with Crippen LogP contribution in [0.3, 0.4) is 0 Å². The van der Waals surface area contributed by atoms with E-state index in [0.717, 1.165) is 12.8 Å². The number of nitrogens with one attached hydrogen (secondary N) is 1. The third kappa shape index (κ3) is 3.54. The molecule has 0 bridgehead atoms. The summed E-state index contributed by atoms with van der Waals surface area (Å²) in [5, 5.41) is 8.04. The van der Waals surface area contributed by atoms with Crippen molar-refractivity contribution in [3.8, 4) is 0 Å². The van der Waals surface area contributed by atoms with Gasteiger partial charge >= 0.3 is 0 Å². The fraction of sp³-hybridized carbons (Fsp3) is 0.714. The van der Waals surface area contributed by atoms with E-state index in [1.165, 1.54) is 62.5 Å². The second kappa shape index (κ2) is 6.41. The van der Waals surface area contributed by atoms with Gasteiger partial charge in [0.25, 0.3) is 0 Å². The standard InChI is InChI=1S/C21H28N4O3S/c26-29(27,17-3-4-17)24-20-23-22-19-11-15(18(12-25(19)20)14-1-2-14)13-28-16-5-7-21(8-6-16)9-10-21/h11-12,14,16-17H,1-10,13H2,(H,23,24). The summed E-state index contributed by atoms with van der Waals surface area (Å²) in [7, 11) is -3.36. The third-order valence-electron chi connectivity index (χ3n) is 7.30. The zero-order valence-electron chi connectivity index (χ0n) is 16.6. The van der Waals surface area contributed by atoms with E-state index in [2.05, 4.69) is 14.9 Å². The van der Waals surface area contributed by atoms with Gasteiger partial charge in [0.2, 0.25) is 16.0 Å². The summed E-state index contributed by atoms with van der Waals surface area (Å²) in [5.74, 6) is 0.831. The van der Waals surface area contributed by atoms with Crippen LogP contribution < -0.4 is 4.72 Å². The maximum absolute atomic E-state index is 12.3. The van der Waals surface area contributed by atoms with Crippen LogP contribution in [-0.4, -0.2) is 34.4 Å². The molecule has 4 aliphatic carbocycles. The first-order valence-electron chi connectivity index (χ1n) is 11.0. The van der Waals surface area contributed by atoms with Crippen molar-refractivity contribution >= 4 is 21.6 Å². The predicted octanol–water partition coefficient (Wildman–Crippen LogP) is 3.75. The number of anilines is 1. The van der Waals surface area contributed by atoms with Gasteiger partial charge in [-0.2, -0.15) is 0 Å². The van der Waals surface area contributed by atoms with E-state index in [4.69, 9.17) is 4.74 Å². The molecule has 2 heterocycles. The lowest BCUT2D eigenvalue weighted by Crippen LogP contribution is -2.22. The minimum absolute atomic E-state index is 0.282. The molecule has 7 nitrogen and oxygen atoms in total. The SMILES string of the molecule is O=S(=O)(Nc1nnc2cc(COC3CCC4(CC3)CC4)c(C3CC3)cn12)C1CC1. The number of nitrogens with zero attached hydrogens (tertiary/aromatic N) is 3. The van der Waals surface area contributed by atoms with Gasteiger partial charge in [-0.25, -0.2) is 8.42 Å². The Labute approximate surface area is 171 Å². The molecule has 0 aromatic carbocycles. The molecular weight excluding hydrogens is 388 g/mol. The van der Waals surface area contributed by atoms with Gasteiger partial charge in [0, 0.05) is 6.20 Å². The number of hydrogen-bond donors (Lipinski definition) is 1. The van der Waals surface area contributed by atoms with Crippen LogP contribution >= 0.6 is 0 Å². The van der Waals surface area contributed by atoms with E-state index in [0.29, 0.717) is 35.6 Å². The van der Waals surface area contributed by atoms with Crippen molar-refractivity contribution in [1.82, 2.24) is 14.6 Å². The van der Waals surface area contributed by atoms with E-state index in [1.807, 2.05) is 12.3 Å². The van der Waals surface area contributed by atoms with E-state index < -0.39 is 10.0 Å². The van der Waals surface area contributed by atoms with Crippen molar-refractivity contribution < 1.29 is 13.2 Å². The average molecular weight is 417 g/mol. The predicted molar refractivity (Wildman–Crippen MR) is 109 cm³/mol. The van der Waals surface area contributed by atoms with Gasteiger partial charge in [-0.1, -0.05) is 0 Å². The Kier molecular flexibility index (Phi) is 4.01. The molecular formula is C21H28N4O3S. The average Bonchev–Trinajstić information content (AvgIpc) is 3.58. The van der Waals surface area contributed by atoms with Crippen molar-refractivity contribution in [2.45, 2.75) is 88.1 Å². The highest BCUT2D eigenvalue weighted by atomic mass is 32.2. The summed E-state index contributed by atoms with van der Waals surface area (Å²) >= 11 is 0. The molecule has 4 fully saturated rings. The molecule has 0 unspecified atom stereocenters. The number of rotatable bonds is 7. The number of pyridine rings is 1. The molecule has 0 aliphatic heterocycles. The van der Waals surface area contributed by atoms with E-state index in [1.54, 1.807) is 4.40 Å². The first-order chi connectivity index (χ1) is 14.0. The van der Waals surface area contributed by atoms with Crippen LogP contribution in [0.25, 0.3) is 5.65 Å². The summed E-state index contributed by atoms with van der Waals surface area (Å²) < 4.78 is 35.4. The Morgan fingerprint density at radius 3 is 2.48 bits per heavy atom. The fourth-order valence-corrected chi connectivity index (χ4v) is 6.11. The third-order valence-corrected chi connectivity index (χ3v) is 9.12. The Morgan fingerprint density at radius 2 is 1.83 bits per heavy atom. The zero-order valence-corrected chi connectivity index (χ0v) is 17.5. The Morgan fingerprint density at radius 1 is 1.07 bits per heavy atom. The molecule has 1 N–H and O–H groups in total. The van der Waals surface area contributed by atoms with Crippen molar-refractivity contribution in [2.24, 2.45) is 5.41 Å². The lowest BCUT2D eigenvalue weighted by atomic mass is 9.85. The number of fused-ring (bicyclic) bond motifs is 1. The van der Waals surface area contributed by atoms with Gasteiger partial charge in [-0.15, -0.1) is 10.2 Å². The highest BCUT2D eigenvalue weighted by Crippen LogP contribution is 2.56. The van der Waals surface area contributed by atoms with Crippen LogP contribution in [0.1, 0.15) is 81.3 Å². The molecule has 1 spiro atoms. The normalized spacial score (nSPS) is 24.3. The van der Waals surface area contributed by atoms with Crippen LogP contribution in [-0.2, 0) is 21.4 Å². The van der Waals surface area contributed by atoms with Gasteiger partial charge in [-0.3, -0.25) is 9.12 Å². The maximum Gasteiger partial charge on any atom is 0.242 e. The Hall–Kier alpha value is -1.67. The Balaban J connectivity index is 1.22. The maximum atomic E-state index is 12.3. The van der Waals surface area contributed by atoms with Crippen LogP contribution in [0.15, 0.2) is 12.3 Å². The molecule has 156 valence electrons. The van der Waals surface area contributed by atoms with Crippen LogP contribution in [0.5, 0.6) is 0 Å². The van der Waals surface area contributed by atoms with Gasteiger partial charge in [0.1, 0.15) is 0 Å². The van der Waals surface area contributed by atoms with Crippen LogP contribution in [0.4, 0.5) is 5.95 Å². The fourth-order valence-electron chi connectivity index (χ4n) is 4.79. The first kappa shape index (κ1) is 18.1. The van der Waals surface area contributed by atoms with Crippen molar-refractivity contribution in [2.75, 3.05) is 4.72 Å². The monoisotopic (exact) mass is 416 g/mol. The minimum Gasteiger partial charge on any atom is -0.374 e. The summed E-state index contributed by atoms with van der Waals surface area (Å²) in [6.07, 6.45) is 14.0. The molecule has 6 rings (SSSR count). The summed E-state index contributed by atoms with van der Waals surface area (Å²) in [6.45, 7) is 0.607.